The van der Waals surface area contributed by atoms with E-state index in [9.17, 15) is 43.2 Å². The Morgan fingerprint density at radius 1 is 0.277 bits per heavy atom. The molecule has 0 aliphatic heterocycles. The van der Waals surface area contributed by atoms with Gasteiger partial charge in [-0.05, 0) is 31.6 Å². The lowest BCUT2D eigenvalue weighted by Crippen LogP contribution is -2.30. The van der Waals surface area contributed by atoms with Gasteiger partial charge in [0.15, 0.2) is 12.2 Å². The Morgan fingerprint density at radius 3 is 0.703 bits per heavy atom. The molecule has 19 heteroatoms. The van der Waals surface area contributed by atoms with Crippen molar-refractivity contribution in [3.8, 4) is 0 Å². The molecular formula is C82H160O17P2. The van der Waals surface area contributed by atoms with Gasteiger partial charge in [0.1, 0.15) is 19.3 Å². The van der Waals surface area contributed by atoms with Gasteiger partial charge in [0.25, 0.3) is 0 Å². The minimum Gasteiger partial charge on any atom is -0.462 e. The SMILES string of the molecule is CCCCCCCCCCCCCCCCCCCCCCCCC(=O)OC[C@H](COP(=O)(O)OC[C@@H](O)COP(=O)(O)OC[C@@H](COC(=O)CCCCCCCCC)OC(=O)CCCCCCCCC(C)CC)OC(=O)CCCCCCCCCCCCCCCCCCCCCCCC. The average Bonchev–Trinajstić information content (AvgIpc) is 1.60. The summed E-state index contributed by atoms with van der Waals surface area (Å²) in [6.07, 6.45) is 67.3. The number of ether oxygens (including phenoxy) is 4. The number of carbonyl (C=O) groups is 4. The molecule has 0 aromatic carbocycles. The maximum absolute atomic E-state index is 13.1. The molecule has 0 aromatic heterocycles. The first-order valence-electron chi connectivity index (χ1n) is 42.7. The van der Waals surface area contributed by atoms with Crippen molar-refractivity contribution in [2.75, 3.05) is 39.6 Å². The smallest absolute Gasteiger partial charge is 0.462 e. The van der Waals surface area contributed by atoms with Gasteiger partial charge < -0.3 is 33.8 Å². The van der Waals surface area contributed by atoms with Crippen molar-refractivity contribution >= 4 is 39.5 Å². The fraction of sp³-hybridized carbons (Fsp3) is 0.951. The summed E-state index contributed by atoms with van der Waals surface area (Å²) in [6, 6.07) is 0. The van der Waals surface area contributed by atoms with Gasteiger partial charge in [-0.15, -0.1) is 0 Å². The van der Waals surface area contributed by atoms with Crippen LogP contribution < -0.4 is 0 Å². The summed E-state index contributed by atoms with van der Waals surface area (Å²) in [5.41, 5.74) is 0. The monoisotopic (exact) mass is 1480 g/mol. The second kappa shape index (κ2) is 74.9. The van der Waals surface area contributed by atoms with Gasteiger partial charge in [-0.1, -0.05) is 388 Å². The number of hydrogen-bond acceptors (Lipinski definition) is 15. The highest BCUT2D eigenvalue weighted by atomic mass is 31.2. The molecule has 0 spiro atoms. The standard InChI is InChI=1S/C82H160O17P2/c1-6-10-13-16-19-21-23-25-27-29-31-33-35-37-39-41-43-45-47-50-56-61-66-80(85)93-72-77(98-81(86)67-62-57-51-48-46-44-42-40-38-36-34-32-30-28-26-24-22-20-17-14-11-7-2)73-96-100(88,89)94-69-76(83)70-95-101(90,91)97-74-78(71-92-79(84)65-60-55-49-18-15-12-8-3)99-82(87)68-63-58-53-52-54-59-64-75(5)9-4/h75-78,83H,6-74H2,1-5H3,(H,88,89)(H,90,91)/t75?,76-,77-,78-/m1/s1. The van der Waals surface area contributed by atoms with Gasteiger partial charge in [-0.25, -0.2) is 9.13 Å². The van der Waals surface area contributed by atoms with Gasteiger partial charge in [-0.2, -0.15) is 0 Å². The Labute approximate surface area is 619 Å². The minimum atomic E-state index is -4.96. The summed E-state index contributed by atoms with van der Waals surface area (Å²) in [5.74, 6) is -1.40. The van der Waals surface area contributed by atoms with Crippen LogP contribution in [0.4, 0.5) is 0 Å². The summed E-state index contributed by atoms with van der Waals surface area (Å²) >= 11 is 0. The number of hydrogen-bond donors (Lipinski definition) is 3. The zero-order valence-corrected chi connectivity index (χ0v) is 67.8. The van der Waals surface area contributed by atoms with Crippen LogP contribution in [0.1, 0.15) is 439 Å². The lowest BCUT2D eigenvalue weighted by Gasteiger charge is -2.21. The van der Waals surface area contributed by atoms with Crippen molar-refractivity contribution in [2.24, 2.45) is 5.92 Å². The molecule has 101 heavy (non-hydrogen) atoms. The third kappa shape index (κ3) is 74.7. The van der Waals surface area contributed by atoms with Gasteiger partial charge in [0, 0.05) is 25.7 Å². The van der Waals surface area contributed by atoms with E-state index in [2.05, 4.69) is 34.6 Å². The molecule has 6 atom stereocenters. The predicted molar refractivity (Wildman–Crippen MR) is 414 cm³/mol. The fourth-order valence-electron chi connectivity index (χ4n) is 12.7. The van der Waals surface area contributed by atoms with Crippen LogP contribution in [0.25, 0.3) is 0 Å². The number of aliphatic hydroxyl groups is 1. The maximum Gasteiger partial charge on any atom is 0.472 e. The van der Waals surface area contributed by atoms with Gasteiger partial charge in [0.2, 0.25) is 0 Å². The molecule has 0 aliphatic carbocycles. The van der Waals surface area contributed by atoms with Gasteiger partial charge in [0.05, 0.1) is 26.4 Å². The van der Waals surface area contributed by atoms with Gasteiger partial charge in [-0.3, -0.25) is 37.3 Å². The molecule has 0 fully saturated rings. The lowest BCUT2D eigenvalue weighted by atomic mass is 10.00. The largest absolute Gasteiger partial charge is 0.472 e. The van der Waals surface area contributed by atoms with Crippen molar-refractivity contribution < 1.29 is 80.2 Å². The van der Waals surface area contributed by atoms with Crippen LogP contribution in [-0.4, -0.2) is 96.7 Å². The van der Waals surface area contributed by atoms with Gasteiger partial charge >= 0.3 is 39.5 Å². The highest BCUT2D eigenvalue weighted by Gasteiger charge is 2.30. The Kier molecular flexibility index (Phi) is 73.5. The molecule has 0 rings (SSSR count). The van der Waals surface area contributed by atoms with E-state index in [1.165, 1.54) is 250 Å². The van der Waals surface area contributed by atoms with E-state index >= 15 is 0 Å². The first-order chi connectivity index (χ1) is 49.1. The van der Waals surface area contributed by atoms with E-state index in [1.54, 1.807) is 0 Å². The Hall–Kier alpha value is -1.94. The molecule has 3 unspecified atom stereocenters. The predicted octanol–water partition coefficient (Wildman–Crippen LogP) is 24.8. The number of phosphoric acid groups is 2. The normalized spacial score (nSPS) is 14.1. The summed E-state index contributed by atoms with van der Waals surface area (Å²) < 4.78 is 68.5. The van der Waals surface area contributed by atoms with Crippen LogP contribution in [0.5, 0.6) is 0 Å². The molecule has 0 bridgehead atoms. The van der Waals surface area contributed by atoms with Crippen LogP contribution in [-0.2, 0) is 65.4 Å². The fourth-order valence-corrected chi connectivity index (χ4v) is 14.3. The first kappa shape index (κ1) is 99.1. The second-order valence-electron chi connectivity index (χ2n) is 29.8. The van der Waals surface area contributed by atoms with Crippen LogP contribution in [0.15, 0.2) is 0 Å². The number of unbranched alkanes of at least 4 members (excludes halogenated alkanes) is 53. The maximum atomic E-state index is 13.1. The molecule has 17 nitrogen and oxygen atoms in total. The molecule has 0 saturated carbocycles. The summed E-state index contributed by atoms with van der Waals surface area (Å²) in [7, 11) is -9.91. The van der Waals surface area contributed by atoms with Crippen LogP contribution in [0, 0.1) is 5.92 Å². The second-order valence-corrected chi connectivity index (χ2v) is 32.7. The van der Waals surface area contributed by atoms with Crippen molar-refractivity contribution in [1.82, 2.24) is 0 Å². The number of phosphoric ester groups is 2. The third-order valence-corrected chi connectivity index (χ3v) is 21.5. The lowest BCUT2D eigenvalue weighted by molar-refractivity contribution is -0.161. The molecule has 3 N–H and O–H groups in total. The molecule has 0 aliphatic rings. The number of carbonyl (C=O) groups excluding carboxylic acids is 4. The topological polar surface area (TPSA) is 237 Å². The molecule has 0 amide bonds. The van der Waals surface area contributed by atoms with Crippen molar-refractivity contribution in [3.05, 3.63) is 0 Å². The van der Waals surface area contributed by atoms with E-state index in [-0.39, 0.29) is 25.7 Å². The van der Waals surface area contributed by atoms with Crippen molar-refractivity contribution in [1.29, 1.82) is 0 Å². The Balaban J connectivity index is 5.11. The zero-order valence-electron chi connectivity index (χ0n) is 66.1. The van der Waals surface area contributed by atoms with E-state index in [4.69, 9.17) is 37.0 Å². The van der Waals surface area contributed by atoms with E-state index in [1.807, 2.05) is 0 Å². The Bertz CT molecular complexity index is 1930. The van der Waals surface area contributed by atoms with Crippen LogP contribution in [0.2, 0.25) is 0 Å². The number of rotatable bonds is 82. The van der Waals surface area contributed by atoms with Crippen LogP contribution >= 0.6 is 15.6 Å². The van der Waals surface area contributed by atoms with Crippen LogP contribution in [0.3, 0.4) is 0 Å². The molecule has 0 heterocycles. The molecular weight excluding hydrogens is 1320 g/mol. The van der Waals surface area contributed by atoms with Crippen molar-refractivity contribution in [2.45, 2.75) is 457 Å². The number of esters is 4. The summed E-state index contributed by atoms with van der Waals surface area (Å²) in [6.45, 7) is 7.22. The highest BCUT2D eigenvalue weighted by Crippen LogP contribution is 2.45. The molecule has 600 valence electrons. The van der Waals surface area contributed by atoms with E-state index in [0.717, 1.165) is 109 Å². The molecule has 0 radical (unpaired) electrons. The van der Waals surface area contributed by atoms with E-state index < -0.39 is 97.5 Å². The molecule has 0 aromatic rings. The quantitative estimate of drug-likeness (QED) is 0.0222. The first-order valence-corrected chi connectivity index (χ1v) is 45.7. The van der Waals surface area contributed by atoms with Crippen molar-refractivity contribution in [3.63, 3.8) is 0 Å². The third-order valence-electron chi connectivity index (χ3n) is 19.6. The van der Waals surface area contributed by atoms with E-state index in [0.29, 0.717) is 25.7 Å². The number of aliphatic hydroxyl groups excluding tert-OH is 1. The molecule has 0 saturated heterocycles. The highest BCUT2D eigenvalue weighted by molar-refractivity contribution is 7.47. The average molecular weight is 1480 g/mol. The zero-order chi connectivity index (χ0) is 74.1. The minimum absolute atomic E-state index is 0.103. The summed E-state index contributed by atoms with van der Waals surface area (Å²) in [5, 5.41) is 10.6. The Morgan fingerprint density at radius 2 is 0.475 bits per heavy atom. The summed E-state index contributed by atoms with van der Waals surface area (Å²) in [4.78, 5) is 72.8.